The van der Waals surface area contributed by atoms with E-state index in [1.807, 2.05) is 65.6 Å². The van der Waals surface area contributed by atoms with Gasteiger partial charge in [-0.05, 0) is 17.7 Å². The van der Waals surface area contributed by atoms with E-state index in [-0.39, 0.29) is 5.91 Å². The monoisotopic (exact) mass is 444 g/mol. The number of aliphatic carboxylic acids is 2. The number of hydrogen-bond donors (Lipinski definition) is 3. The zero-order valence-corrected chi connectivity index (χ0v) is 17.7. The molecule has 2 aromatic carbocycles. The van der Waals surface area contributed by atoms with Gasteiger partial charge in [0.25, 0.3) is 5.91 Å². The molecule has 1 aliphatic heterocycles. The van der Waals surface area contributed by atoms with Gasteiger partial charge in [0.1, 0.15) is 0 Å². The van der Waals surface area contributed by atoms with E-state index < -0.39 is 18.0 Å². The first-order valence-electron chi connectivity index (χ1n) is 10.2. The fourth-order valence-electron chi connectivity index (χ4n) is 3.13. The first-order chi connectivity index (χ1) is 15.4. The molecule has 9 heteroatoms. The van der Waals surface area contributed by atoms with Gasteiger partial charge < -0.3 is 25.0 Å². The van der Waals surface area contributed by atoms with Crippen molar-refractivity contribution >= 4 is 17.8 Å². The molecule has 1 atom stereocenters. The van der Waals surface area contributed by atoms with Crippen molar-refractivity contribution in [2.24, 2.45) is 0 Å². The number of rotatable bonds is 7. The van der Waals surface area contributed by atoms with Crippen LogP contribution < -0.4 is 0 Å². The standard InChI is InChI=1S/C21H26N2O3.C2H2O4/c24-20(17-26-16-18-7-3-1-4-8-18)15-22-11-13-23(14-12-22)21(25)19-9-5-2-6-10-19;3-1(4)2(5)6/h1-10,20,24H,11-17H2;(H,3,4)(H,5,6). The summed E-state index contributed by atoms with van der Waals surface area (Å²) < 4.78 is 5.60. The molecule has 3 N–H and O–H groups in total. The van der Waals surface area contributed by atoms with E-state index in [1.165, 1.54) is 0 Å². The van der Waals surface area contributed by atoms with E-state index in [0.29, 0.717) is 32.8 Å². The Bertz CT molecular complexity index is 841. The first-order valence-corrected chi connectivity index (χ1v) is 10.2. The van der Waals surface area contributed by atoms with Crippen LogP contribution in [0, 0.1) is 0 Å². The Balaban J connectivity index is 0.000000534. The lowest BCUT2D eigenvalue weighted by molar-refractivity contribution is -0.159. The highest BCUT2D eigenvalue weighted by Crippen LogP contribution is 2.09. The number of β-amino-alcohol motifs (C(OH)–C–C–N with tert-alkyl or cyclic N) is 1. The molecule has 3 rings (SSSR count). The number of hydrogen-bond acceptors (Lipinski definition) is 6. The van der Waals surface area contributed by atoms with Crippen LogP contribution in [0.5, 0.6) is 0 Å². The van der Waals surface area contributed by atoms with E-state index in [0.717, 1.165) is 24.2 Å². The lowest BCUT2D eigenvalue weighted by Gasteiger charge is -2.35. The van der Waals surface area contributed by atoms with Gasteiger partial charge in [0.2, 0.25) is 0 Å². The Labute approximate surface area is 186 Å². The second-order valence-electron chi connectivity index (χ2n) is 7.22. The largest absolute Gasteiger partial charge is 0.473 e. The van der Waals surface area contributed by atoms with Gasteiger partial charge in [0.05, 0.1) is 19.3 Å². The molecule has 1 amide bonds. The number of aliphatic hydroxyl groups excluding tert-OH is 1. The predicted octanol–water partition coefficient (Wildman–Crippen LogP) is 1.18. The molecule has 2 aromatic rings. The summed E-state index contributed by atoms with van der Waals surface area (Å²) in [4.78, 5) is 34.7. The van der Waals surface area contributed by atoms with Gasteiger partial charge in [-0.15, -0.1) is 0 Å². The molecule has 0 radical (unpaired) electrons. The Morgan fingerprint density at radius 1 is 0.844 bits per heavy atom. The van der Waals surface area contributed by atoms with Crippen LogP contribution >= 0.6 is 0 Å². The number of carboxylic acids is 2. The summed E-state index contributed by atoms with van der Waals surface area (Å²) in [5.74, 6) is -3.57. The number of ether oxygens (including phenoxy) is 1. The molecule has 32 heavy (non-hydrogen) atoms. The second kappa shape index (κ2) is 13.2. The molecule has 172 valence electrons. The zero-order chi connectivity index (χ0) is 23.3. The molecule has 1 fully saturated rings. The van der Waals surface area contributed by atoms with Crippen LogP contribution in [0.25, 0.3) is 0 Å². The lowest BCUT2D eigenvalue weighted by atomic mass is 10.2. The summed E-state index contributed by atoms with van der Waals surface area (Å²) >= 11 is 0. The van der Waals surface area contributed by atoms with Crippen molar-refractivity contribution in [3.05, 3.63) is 71.8 Å². The minimum absolute atomic E-state index is 0.0805. The minimum atomic E-state index is -1.82. The van der Waals surface area contributed by atoms with Crippen LogP contribution in [0.1, 0.15) is 15.9 Å². The van der Waals surface area contributed by atoms with Crippen LogP contribution in [0.15, 0.2) is 60.7 Å². The quantitative estimate of drug-likeness (QED) is 0.543. The third kappa shape index (κ3) is 8.84. The Kier molecular flexibility index (Phi) is 10.3. The summed E-state index contributed by atoms with van der Waals surface area (Å²) in [5, 5.41) is 25.0. The maximum absolute atomic E-state index is 12.4. The molecule has 0 spiro atoms. The smallest absolute Gasteiger partial charge is 0.414 e. The van der Waals surface area contributed by atoms with Gasteiger partial charge in [-0.2, -0.15) is 0 Å². The van der Waals surface area contributed by atoms with E-state index in [1.54, 1.807) is 0 Å². The van der Waals surface area contributed by atoms with Crippen molar-refractivity contribution < 1.29 is 34.4 Å². The fraction of sp³-hybridized carbons (Fsp3) is 0.348. The lowest BCUT2D eigenvalue weighted by Crippen LogP contribution is -2.50. The highest BCUT2D eigenvalue weighted by molar-refractivity contribution is 6.27. The van der Waals surface area contributed by atoms with Crippen molar-refractivity contribution in [2.45, 2.75) is 12.7 Å². The average Bonchev–Trinajstić information content (AvgIpc) is 2.81. The Morgan fingerprint density at radius 3 is 1.91 bits per heavy atom. The zero-order valence-electron chi connectivity index (χ0n) is 17.7. The van der Waals surface area contributed by atoms with Gasteiger partial charge in [0, 0.05) is 38.3 Å². The summed E-state index contributed by atoms with van der Waals surface area (Å²) in [5.41, 5.74) is 1.84. The molecule has 9 nitrogen and oxygen atoms in total. The summed E-state index contributed by atoms with van der Waals surface area (Å²) in [6.45, 7) is 4.32. The molecule has 1 saturated heterocycles. The van der Waals surface area contributed by atoms with Gasteiger partial charge >= 0.3 is 11.9 Å². The van der Waals surface area contributed by atoms with Crippen molar-refractivity contribution in [1.82, 2.24) is 9.80 Å². The van der Waals surface area contributed by atoms with Gasteiger partial charge in [-0.1, -0.05) is 48.5 Å². The van der Waals surface area contributed by atoms with Crippen LogP contribution in [-0.2, 0) is 20.9 Å². The van der Waals surface area contributed by atoms with Crippen LogP contribution in [-0.4, -0.2) is 88.4 Å². The summed E-state index contributed by atoms with van der Waals surface area (Å²) in [6.07, 6.45) is -0.518. The van der Waals surface area contributed by atoms with Crippen molar-refractivity contribution in [2.75, 3.05) is 39.3 Å². The number of aliphatic hydroxyl groups is 1. The normalized spacial score (nSPS) is 14.7. The predicted molar refractivity (Wildman–Crippen MR) is 116 cm³/mol. The maximum atomic E-state index is 12.4. The number of carboxylic acid groups (broad SMARTS) is 2. The number of carbonyl (C=O) groups is 3. The minimum Gasteiger partial charge on any atom is -0.473 e. The fourth-order valence-corrected chi connectivity index (χ4v) is 3.13. The van der Waals surface area contributed by atoms with Crippen LogP contribution in [0.2, 0.25) is 0 Å². The van der Waals surface area contributed by atoms with Gasteiger partial charge in [0.15, 0.2) is 0 Å². The molecular formula is C23H28N2O7. The van der Waals surface area contributed by atoms with E-state index in [2.05, 4.69) is 4.90 Å². The topological polar surface area (TPSA) is 128 Å². The molecule has 1 heterocycles. The van der Waals surface area contributed by atoms with Gasteiger partial charge in [-0.25, -0.2) is 9.59 Å². The number of amides is 1. The maximum Gasteiger partial charge on any atom is 0.414 e. The average molecular weight is 444 g/mol. The molecule has 1 aliphatic rings. The van der Waals surface area contributed by atoms with Crippen LogP contribution in [0.3, 0.4) is 0 Å². The summed E-state index contributed by atoms with van der Waals surface area (Å²) in [7, 11) is 0. The summed E-state index contributed by atoms with van der Waals surface area (Å²) in [6, 6.07) is 19.3. The van der Waals surface area contributed by atoms with Crippen molar-refractivity contribution in [3.63, 3.8) is 0 Å². The highest BCUT2D eigenvalue weighted by atomic mass is 16.5. The SMILES string of the molecule is O=C(O)C(=O)O.O=C(c1ccccc1)N1CCN(CC(O)COCc2ccccc2)CC1. The number of nitrogens with zero attached hydrogens (tertiary/aromatic N) is 2. The Hall–Kier alpha value is -3.27. The molecule has 0 bridgehead atoms. The number of carbonyl (C=O) groups excluding carboxylic acids is 1. The molecule has 0 saturated carbocycles. The molecule has 1 unspecified atom stereocenters. The number of piperazine rings is 1. The van der Waals surface area contributed by atoms with E-state index >= 15 is 0 Å². The van der Waals surface area contributed by atoms with Crippen LogP contribution in [0.4, 0.5) is 0 Å². The third-order valence-corrected chi connectivity index (χ3v) is 4.75. The number of benzene rings is 2. The Morgan fingerprint density at radius 2 is 1.38 bits per heavy atom. The second-order valence-corrected chi connectivity index (χ2v) is 7.22. The molecular weight excluding hydrogens is 416 g/mol. The molecule has 0 aliphatic carbocycles. The van der Waals surface area contributed by atoms with Gasteiger partial charge in [-0.3, -0.25) is 9.69 Å². The van der Waals surface area contributed by atoms with Crippen molar-refractivity contribution in [1.29, 1.82) is 0 Å². The highest BCUT2D eigenvalue weighted by Gasteiger charge is 2.23. The van der Waals surface area contributed by atoms with Crippen molar-refractivity contribution in [3.8, 4) is 0 Å². The third-order valence-electron chi connectivity index (χ3n) is 4.75. The molecule has 0 aromatic heterocycles. The van der Waals surface area contributed by atoms with E-state index in [9.17, 15) is 9.90 Å². The van der Waals surface area contributed by atoms with E-state index in [4.69, 9.17) is 24.5 Å². The first kappa shape index (κ1) is 25.0.